The molecule has 1 aliphatic rings. The second kappa shape index (κ2) is 3.96. The molecule has 1 aromatic rings. The van der Waals surface area contributed by atoms with E-state index >= 15 is 0 Å². The Labute approximate surface area is 90.1 Å². The number of hydrogen-bond donors (Lipinski definition) is 1. The maximum absolute atomic E-state index is 12.1. The first-order valence-corrected chi connectivity index (χ1v) is 5.59. The van der Waals surface area contributed by atoms with Gasteiger partial charge in [-0.15, -0.1) is 11.8 Å². The van der Waals surface area contributed by atoms with E-state index in [0.717, 1.165) is 22.9 Å². The Hall–Kier alpha value is -0.840. The van der Waals surface area contributed by atoms with Crippen LogP contribution in [0.3, 0.4) is 0 Å². The first kappa shape index (κ1) is 10.7. The SMILES string of the molecule is FC(F)(F)Cc1ccc2c(c1)NCCS2. The highest BCUT2D eigenvalue weighted by molar-refractivity contribution is 7.99. The molecule has 1 N–H and O–H groups in total. The molecule has 2 rings (SSSR count). The number of alkyl halides is 3. The molecule has 0 saturated carbocycles. The third-order valence-electron chi connectivity index (χ3n) is 2.12. The van der Waals surface area contributed by atoms with Crippen LogP contribution in [-0.4, -0.2) is 18.5 Å². The summed E-state index contributed by atoms with van der Waals surface area (Å²) in [6, 6.07) is 4.90. The zero-order chi connectivity index (χ0) is 10.9. The maximum Gasteiger partial charge on any atom is 0.393 e. The summed E-state index contributed by atoms with van der Waals surface area (Å²) >= 11 is 1.67. The summed E-state index contributed by atoms with van der Waals surface area (Å²) in [7, 11) is 0. The fourth-order valence-electron chi connectivity index (χ4n) is 1.53. The molecule has 15 heavy (non-hydrogen) atoms. The Balaban J connectivity index is 2.21. The molecular formula is C10H10F3NS. The largest absolute Gasteiger partial charge is 0.393 e. The molecule has 1 aliphatic heterocycles. The molecule has 0 aliphatic carbocycles. The highest BCUT2D eigenvalue weighted by Crippen LogP contribution is 2.33. The molecule has 0 unspecified atom stereocenters. The van der Waals surface area contributed by atoms with Crippen molar-refractivity contribution in [1.29, 1.82) is 0 Å². The zero-order valence-electron chi connectivity index (χ0n) is 7.90. The summed E-state index contributed by atoms with van der Waals surface area (Å²) in [5.41, 5.74) is 1.14. The number of halogens is 3. The first-order chi connectivity index (χ1) is 7.04. The lowest BCUT2D eigenvalue weighted by molar-refractivity contribution is -0.127. The van der Waals surface area contributed by atoms with Crippen LogP contribution in [0.15, 0.2) is 23.1 Å². The van der Waals surface area contributed by atoms with Crippen molar-refractivity contribution in [1.82, 2.24) is 0 Å². The Morgan fingerprint density at radius 3 is 2.87 bits per heavy atom. The van der Waals surface area contributed by atoms with Gasteiger partial charge in [0.1, 0.15) is 0 Å². The predicted octanol–water partition coefficient (Wildman–Crippen LogP) is 3.31. The van der Waals surface area contributed by atoms with Gasteiger partial charge in [0.05, 0.1) is 6.42 Å². The highest BCUT2D eigenvalue weighted by atomic mass is 32.2. The van der Waals surface area contributed by atoms with Crippen molar-refractivity contribution in [2.45, 2.75) is 17.5 Å². The van der Waals surface area contributed by atoms with Gasteiger partial charge in [-0.05, 0) is 17.7 Å². The van der Waals surface area contributed by atoms with Crippen molar-refractivity contribution in [2.24, 2.45) is 0 Å². The number of benzene rings is 1. The van der Waals surface area contributed by atoms with Gasteiger partial charge in [-0.25, -0.2) is 0 Å². The van der Waals surface area contributed by atoms with Crippen LogP contribution in [0.2, 0.25) is 0 Å². The molecule has 1 aromatic carbocycles. The van der Waals surface area contributed by atoms with E-state index in [4.69, 9.17) is 0 Å². The minimum absolute atomic E-state index is 0.316. The second-order valence-electron chi connectivity index (χ2n) is 3.40. The van der Waals surface area contributed by atoms with Crippen LogP contribution >= 0.6 is 11.8 Å². The van der Waals surface area contributed by atoms with Crippen molar-refractivity contribution < 1.29 is 13.2 Å². The van der Waals surface area contributed by atoms with Gasteiger partial charge >= 0.3 is 6.18 Å². The number of hydrogen-bond acceptors (Lipinski definition) is 2. The Morgan fingerprint density at radius 1 is 1.33 bits per heavy atom. The summed E-state index contributed by atoms with van der Waals surface area (Å²) in [4.78, 5) is 1.03. The summed E-state index contributed by atoms with van der Waals surface area (Å²) in [5, 5.41) is 3.10. The van der Waals surface area contributed by atoms with Crippen LogP contribution in [0, 0.1) is 0 Å². The molecule has 0 aromatic heterocycles. The summed E-state index contributed by atoms with van der Waals surface area (Å²) in [6.45, 7) is 0.813. The summed E-state index contributed by atoms with van der Waals surface area (Å²) in [6.07, 6.45) is -4.98. The smallest absolute Gasteiger partial charge is 0.383 e. The predicted molar refractivity (Wildman–Crippen MR) is 55.4 cm³/mol. The van der Waals surface area contributed by atoms with Crippen molar-refractivity contribution in [3.63, 3.8) is 0 Å². The average molecular weight is 233 g/mol. The molecular weight excluding hydrogens is 223 g/mol. The Morgan fingerprint density at radius 2 is 2.13 bits per heavy atom. The molecule has 1 nitrogen and oxygen atoms in total. The van der Waals surface area contributed by atoms with Gasteiger partial charge in [0.2, 0.25) is 0 Å². The third-order valence-corrected chi connectivity index (χ3v) is 3.20. The van der Waals surface area contributed by atoms with Crippen LogP contribution in [0.1, 0.15) is 5.56 Å². The van der Waals surface area contributed by atoms with Crippen LogP contribution in [0.4, 0.5) is 18.9 Å². The average Bonchev–Trinajstić information content (AvgIpc) is 2.15. The van der Waals surface area contributed by atoms with Crippen molar-refractivity contribution >= 4 is 17.4 Å². The summed E-state index contributed by atoms with van der Waals surface area (Å²) in [5.74, 6) is 0.964. The maximum atomic E-state index is 12.1. The second-order valence-corrected chi connectivity index (χ2v) is 4.53. The topological polar surface area (TPSA) is 12.0 Å². The zero-order valence-corrected chi connectivity index (χ0v) is 8.71. The monoisotopic (exact) mass is 233 g/mol. The van der Waals surface area contributed by atoms with Crippen LogP contribution in [0.5, 0.6) is 0 Å². The van der Waals surface area contributed by atoms with E-state index in [1.807, 2.05) is 0 Å². The van der Waals surface area contributed by atoms with Gasteiger partial charge in [0.15, 0.2) is 0 Å². The van der Waals surface area contributed by atoms with Gasteiger partial charge in [0, 0.05) is 22.9 Å². The Bertz CT molecular complexity index is 362. The molecule has 0 bridgehead atoms. The van der Waals surface area contributed by atoms with Crippen LogP contribution in [-0.2, 0) is 6.42 Å². The number of thioether (sulfide) groups is 1. The summed E-state index contributed by atoms with van der Waals surface area (Å²) < 4.78 is 36.4. The molecule has 0 radical (unpaired) electrons. The minimum Gasteiger partial charge on any atom is -0.383 e. The fraction of sp³-hybridized carbons (Fsp3) is 0.400. The molecule has 82 valence electrons. The quantitative estimate of drug-likeness (QED) is 0.798. The fourth-order valence-corrected chi connectivity index (χ4v) is 2.40. The van der Waals surface area contributed by atoms with E-state index in [0.29, 0.717) is 5.56 Å². The number of nitrogens with one attached hydrogen (secondary N) is 1. The molecule has 0 amide bonds. The number of rotatable bonds is 1. The Kier molecular flexibility index (Phi) is 2.82. The van der Waals surface area contributed by atoms with Gasteiger partial charge in [0.25, 0.3) is 0 Å². The standard InChI is InChI=1S/C10H10F3NS/c11-10(12,13)6-7-1-2-9-8(5-7)14-3-4-15-9/h1-2,5,14H,3-4,6H2. The van der Waals surface area contributed by atoms with Crippen molar-refractivity contribution in [2.75, 3.05) is 17.6 Å². The third kappa shape index (κ3) is 2.81. The van der Waals surface area contributed by atoms with E-state index in [1.54, 1.807) is 30.0 Å². The molecule has 0 spiro atoms. The van der Waals surface area contributed by atoms with Gasteiger partial charge < -0.3 is 5.32 Å². The van der Waals surface area contributed by atoms with Crippen LogP contribution < -0.4 is 5.32 Å². The van der Waals surface area contributed by atoms with E-state index < -0.39 is 12.6 Å². The van der Waals surface area contributed by atoms with E-state index in [2.05, 4.69) is 5.32 Å². The lowest BCUT2D eigenvalue weighted by Gasteiger charge is -2.18. The highest BCUT2D eigenvalue weighted by Gasteiger charge is 2.27. The lowest BCUT2D eigenvalue weighted by Crippen LogP contribution is -2.14. The molecule has 0 atom stereocenters. The van der Waals surface area contributed by atoms with Crippen LogP contribution in [0.25, 0.3) is 0 Å². The van der Waals surface area contributed by atoms with Crippen molar-refractivity contribution in [3.05, 3.63) is 23.8 Å². The normalized spacial score (nSPS) is 15.7. The lowest BCUT2D eigenvalue weighted by atomic mass is 10.1. The van der Waals surface area contributed by atoms with E-state index in [-0.39, 0.29) is 0 Å². The molecule has 5 heteroatoms. The molecule has 1 heterocycles. The van der Waals surface area contributed by atoms with Gasteiger partial charge in [-0.2, -0.15) is 13.2 Å². The van der Waals surface area contributed by atoms with E-state index in [9.17, 15) is 13.2 Å². The first-order valence-electron chi connectivity index (χ1n) is 4.61. The molecule has 0 fully saturated rings. The number of anilines is 1. The number of fused-ring (bicyclic) bond motifs is 1. The van der Waals surface area contributed by atoms with Gasteiger partial charge in [-0.1, -0.05) is 6.07 Å². The van der Waals surface area contributed by atoms with Gasteiger partial charge in [-0.3, -0.25) is 0 Å². The van der Waals surface area contributed by atoms with E-state index in [1.165, 1.54) is 0 Å². The van der Waals surface area contributed by atoms with Crippen molar-refractivity contribution in [3.8, 4) is 0 Å². The molecule has 0 saturated heterocycles. The minimum atomic E-state index is -4.13.